The Balaban J connectivity index is 1.27. The molecule has 2 heterocycles. The standard InChI is InChI=1S/C42H37Cl2N3O8/c1-54-27-11-6-24(7-12-27)42-31(39(51)47(41(42)53)45-33-15-8-25(43)20-32(33)44)21-30-28(37(42)23-5-16-35(55-2)34(49)19-23)13-14-29-36(30)40(52)46(38(29)50)18-17-22-3-9-26(48)10-4-22/h3-13,15-16,19-20,29-31,36-37,45,48-49H,14,17-18,21H2,1-2H3/t29-,30+,31-,36-,37-,42+/m0/s1. The lowest BCUT2D eigenvalue weighted by Crippen LogP contribution is -2.53. The predicted octanol–water partition coefficient (Wildman–Crippen LogP) is 6.65. The van der Waals surface area contributed by atoms with Crippen molar-refractivity contribution in [3.8, 4) is 23.0 Å². The Hall–Kier alpha value is -5.52. The molecule has 0 spiro atoms. The number of hydrogen-bond donors (Lipinski definition) is 3. The van der Waals surface area contributed by atoms with Crippen LogP contribution in [0.25, 0.3) is 0 Å². The largest absolute Gasteiger partial charge is 0.508 e. The first-order valence-corrected chi connectivity index (χ1v) is 18.7. The number of anilines is 1. The number of fused-ring (bicyclic) bond motifs is 4. The van der Waals surface area contributed by atoms with Crippen LogP contribution in [0.5, 0.6) is 23.0 Å². The summed E-state index contributed by atoms with van der Waals surface area (Å²) in [5.74, 6) is -4.83. The van der Waals surface area contributed by atoms with Crippen molar-refractivity contribution in [1.82, 2.24) is 9.91 Å². The van der Waals surface area contributed by atoms with Crippen molar-refractivity contribution >= 4 is 52.5 Å². The van der Waals surface area contributed by atoms with Crippen LogP contribution in [-0.2, 0) is 31.0 Å². The van der Waals surface area contributed by atoms with E-state index in [1.807, 2.05) is 6.08 Å². The first-order chi connectivity index (χ1) is 26.5. The molecule has 2 saturated heterocycles. The molecule has 8 rings (SSSR count). The zero-order valence-electron chi connectivity index (χ0n) is 29.9. The Kier molecular flexibility index (Phi) is 9.25. The molecule has 13 heteroatoms. The summed E-state index contributed by atoms with van der Waals surface area (Å²) in [6.45, 7) is 0.156. The number of hydrazine groups is 1. The third-order valence-electron chi connectivity index (χ3n) is 11.8. The van der Waals surface area contributed by atoms with Crippen molar-refractivity contribution in [1.29, 1.82) is 0 Å². The van der Waals surface area contributed by atoms with Crippen molar-refractivity contribution in [2.45, 2.75) is 30.6 Å². The number of likely N-dealkylation sites (tertiary alicyclic amines) is 1. The monoisotopic (exact) mass is 781 g/mol. The Morgan fingerprint density at radius 3 is 2.25 bits per heavy atom. The molecule has 3 N–H and O–H groups in total. The molecule has 4 aliphatic rings. The molecule has 4 amide bonds. The summed E-state index contributed by atoms with van der Waals surface area (Å²) in [4.78, 5) is 60.1. The Morgan fingerprint density at radius 2 is 1.58 bits per heavy atom. The van der Waals surface area contributed by atoms with E-state index in [-0.39, 0.29) is 59.2 Å². The Morgan fingerprint density at radius 1 is 0.836 bits per heavy atom. The van der Waals surface area contributed by atoms with Crippen molar-refractivity contribution in [2.75, 3.05) is 26.2 Å². The Labute approximate surface area is 327 Å². The second kappa shape index (κ2) is 14.0. The lowest BCUT2D eigenvalue weighted by molar-refractivity contribution is -0.141. The minimum Gasteiger partial charge on any atom is -0.508 e. The first kappa shape index (κ1) is 36.5. The van der Waals surface area contributed by atoms with E-state index in [4.69, 9.17) is 32.7 Å². The van der Waals surface area contributed by atoms with Gasteiger partial charge in [0.2, 0.25) is 11.8 Å². The molecule has 2 aliphatic carbocycles. The summed E-state index contributed by atoms with van der Waals surface area (Å²) in [7, 11) is 2.97. The van der Waals surface area contributed by atoms with Gasteiger partial charge in [-0.15, -0.1) is 0 Å². The van der Waals surface area contributed by atoms with Gasteiger partial charge in [0.05, 0.1) is 48.1 Å². The molecule has 4 aromatic carbocycles. The van der Waals surface area contributed by atoms with Gasteiger partial charge in [0, 0.05) is 17.5 Å². The highest BCUT2D eigenvalue weighted by Gasteiger charge is 2.70. The van der Waals surface area contributed by atoms with Crippen LogP contribution in [0, 0.1) is 23.7 Å². The number of amides is 4. The molecule has 0 aromatic heterocycles. The molecule has 0 unspecified atom stereocenters. The van der Waals surface area contributed by atoms with Crippen molar-refractivity contribution in [2.24, 2.45) is 23.7 Å². The number of allylic oxidation sites excluding steroid dienone is 2. The number of benzene rings is 4. The van der Waals surface area contributed by atoms with Gasteiger partial charge in [0.25, 0.3) is 11.8 Å². The second-order valence-corrected chi connectivity index (χ2v) is 15.2. The van der Waals surface area contributed by atoms with E-state index >= 15 is 4.79 Å². The maximum atomic E-state index is 15.4. The summed E-state index contributed by atoms with van der Waals surface area (Å²) in [5, 5.41) is 22.4. The van der Waals surface area contributed by atoms with Gasteiger partial charge >= 0.3 is 0 Å². The van der Waals surface area contributed by atoms with Gasteiger partial charge in [-0.25, -0.2) is 0 Å². The number of phenolic OH excluding ortho intramolecular Hbond substituents is 2. The van der Waals surface area contributed by atoms with Gasteiger partial charge in [0.15, 0.2) is 11.5 Å². The van der Waals surface area contributed by atoms with Gasteiger partial charge in [-0.2, -0.15) is 5.01 Å². The number of carbonyl (C=O) groups is 4. The zero-order valence-corrected chi connectivity index (χ0v) is 31.4. The average molecular weight is 783 g/mol. The number of methoxy groups -OCH3 is 2. The van der Waals surface area contributed by atoms with Crippen LogP contribution >= 0.6 is 23.2 Å². The van der Waals surface area contributed by atoms with Crippen molar-refractivity contribution in [3.63, 3.8) is 0 Å². The van der Waals surface area contributed by atoms with Crippen molar-refractivity contribution in [3.05, 3.63) is 123 Å². The summed E-state index contributed by atoms with van der Waals surface area (Å²) >= 11 is 12.7. The maximum absolute atomic E-state index is 15.4. The highest BCUT2D eigenvalue weighted by molar-refractivity contribution is 6.36. The van der Waals surface area contributed by atoms with Crippen LogP contribution in [0.1, 0.15) is 35.4 Å². The van der Waals surface area contributed by atoms with E-state index in [0.717, 1.165) is 16.1 Å². The van der Waals surface area contributed by atoms with Gasteiger partial charge in [0.1, 0.15) is 11.5 Å². The molecular formula is C42H37Cl2N3O8. The molecule has 0 radical (unpaired) electrons. The first-order valence-electron chi connectivity index (χ1n) is 17.9. The number of hydrogen-bond acceptors (Lipinski definition) is 9. The highest BCUT2D eigenvalue weighted by atomic mass is 35.5. The number of carbonyl (C=O) groups excluding carboxylic acids is 4. The lowest BCUT2D eigenvalue weighted by atomic mass is 9.49. The van der Waals surface area contributed by atoms with E-state index in [1.54, 1.807) is 72.8 Å². The quantitative estimate of drug-likeness (QED) is 0.126. The van der Waals surface area contributed by atoms with Crippen molar-refractivity contribution < 1.29 is 38.9 Å². The van der Waals surface area contributed by atoms with Gasteiger partial charge in [-0.1, -0.05) is 65.2 Å². The van der Waals surface area contributed by atoms with Gasteiger partial charge in [-0.3, -0.25) is 29.5 Å². The minimum atomic E-state index is -1.57. The van der Waals surface area contributed by atoms with Gasteiger partial charge < -0.3 is 19.7 Å². The van der Waals surface area contributed by atoms with E-state index in [2.05, 4.69) is 5.43 Å². The van der Waals surface area contributed by atoms with E-state index in [0.29, 0.717) is 28.3 Å². The van der Waals surface area contributed by atoms with Gasteiger partial charge in [-0.05, 0) is 96.5 Å². The molecule has 3 fully saturated rings. The predicted molar refractivity (Wildman–Crippen MR) is 204 cm³/mol. The number of ether oxygens (including phenoxy) is 2. The third kappa shape index (κ3) is 5.79. The molecule has 1 saturated carbocycles. The fourth-order valence-electron chi connectivity index (χ4n) is 9.29. The number of nitrogens with one attached hydrogen (secondary N) is 1. The molecular weight excluding hydrogens is 745 g/mol. The summed E-state index contributed by atoms with van der Waals surface area (Å²) in [6.07, 6.45) is 2.71. The smallest absolute Gasteiger partial charge is 0.260 e. The number of aromatic hydroxyl groups is 2. The van der Waals surface area contributed by atoms with E-state index in [9.17, 15) is 24.6 Å². The van der Waals surface area contributed by atoms with Crippen LogP contribution in [0.4, 0.5) is 5.69 Å². The summed E-state index contributed by atoms with van der Waals surface area (Å²) in [6, 6.07) is 23.2. The lowest BCUT2D eigenvalue weighted by Gasteiger charge is -2.50. The molecule has 11 nitrogen and oxygen atoms in total. The summed E-state index contributed by atoms with van der Waals surface area (Å²) in [5.41, 5.74) is 4.36. The number of rotatable bonds is 9. The van der Waals surface area contributed by atoms with Crippen LogP contribution in [-0.4, -0.2) is 64.5 Å². The number of nitrogens with zero attached hydrogens (tertiary/aromatic N) is 2. The van der Waals surface area contributed by atoms with Crippen LogP contribution in [0.2, 0.25) is 10.0 Å². The van der Waals surface area contributed by atoms with E-state index in [1.165, 1.54) is 31.3 Å². The number of imide groups is 2. The minimum absolute atomic E-state index is 0.0968. The zero-order chi connectivity index (χ0) is 38.8. The summed E-state index contributed by atoms with van der Waals surface area (Å²) < 4.78 is 10.8. The average Bonchev–Trinajstić information content (AvgIpc) is 3.55. The van der Waals surface area contributed by atoms with Crippen LogP contribution < -0.4 is 14.9 Å². The molecule has 55 heavy (non-hydrogen) atoms. The molecule has 0 bridgehead atoms. The fraction of sp³-hybridized carbons (Fsp3) is 0.286. The second-order valence-electron chi connectivity index (χ2n) is 14.4. The number of phenols is 2. The fourth-order valence-corrected chi connectivity index (χ4v) is 9.74. The molecule has 2 aliphatic heterocycles. The topological polar surface area (TPSA) is 146 Å². The Bertz CT molecular complexity index is 2260. The van der Waals surface area contributed by atoms with E-state index < -0.39 is 46.8 Å². The molecule has 6 atom stereocenters. The van der Waals surface area contributed by atoms with Crippen LogP contribution in [0.15, 0.2) is 96.6 Å². The SMILES string of the molecule is COc1ccc([C@@]23C(=O)N(Nc4ccc(Cl)cc4Cl)C(=O)[C@@H]2C[C@@H]2C(=CC[C@@H]4C(=O)N(CCc5ccc(O)cc5)C(=O)[C@@H]42)[C@@H]3c2ccc(OC)c(O)c2)cc1. The third-order valence-corrected chi connectivity index (χ3v) is 12.3. The highest BCUT2D eigenvalue weighted by Crippen LogP contribution is 2.64. The maximum Gasteiger partial charge on any atom is 0.260 e. The molecule has 282 valence electrons. The number of halogens is 2. The normalized spacial score (nSPS) is 25.7. The van der Waals surface area contributed by atoms with Crippen LogP contribution in [0.3, 0.4) is 0 Å². The molecule has 4 aromatic rings.